The van der Waals surface area contributed by atoms with E-state index in [1.165, 1.54) is 27.8 Å². The highest BCUT2D eigenvalue weighted by Crippen LogP contribution is 2.48. The van der Waals surface area contributed by atoms with Crippen molar-refractivity contribution in [1.82, 2.24) is 0 Å². The third-order valence-corrected chi connectivity index (χ3v) is 4.49. The van der Waals surface area contributed by atoms with Gasteiger partial charge in [0.05, 0.1) is 0 Å². The molecule has 0 saturated heterocycles. The van der Waals surface area contributed by atoms with E-state index in [1.54, 1.807) is 0 Å². The molecular formula is C23H26. The molecule has 0 bridgehead atoms. The highest BCUT2D eigenvalue weighted by atomic mass is 14.4. The Hall–Kier alpha value is -2.34. The zero-order valence-corrected chi connectivity index (χ0v) is 14.5. The molecule has 23 heavy (non-hydrogen) atoms. The first kappa shape index (κ1) is 17.0. The van der Waals surface area contributed by atoms with Crippen LogP contribution >= 0.6 is 0 Å². The van der Waals surface area contributed by atoms with Crippen LogP contribution in [0.5, 0.6) is 0 Å². The minimum atomic E-state index is 0.0371. The van der Waals surface area contributed by atoms with Crippen LogP contribution < -0.4 is 0 Å². The molecule has 0 aromatic heterocycles. The van der Waals surface area contributed by atoms with Crippen molar-refractivity contribution in [2.45, 2.75) is 32.6 Å². The summed E-state index contributed by atoms with van der Waals surface area (Å²) in [4.78, 5) is 0. The van der Waals surface area contributed by atoms with E-state index in [4.69, 9.17) is 0 Å². The maximum Gasteiger partial charge on any atom is 0.0153 e. The molecule has 0 unspecified atom stereocenters. The predicted octanol–water partition coefficient (Wildman–Crippen LogP) is 6.35. The molecule has 0 nitrogen and oxygen atoms in total. The van der Waals surface area contributed by atoms with Crippen LogP contribution in [0.3, 0.4) is 0 Å². The average Bonchev–Trinajstić information content (AvgIpc) is 2.78. The van der Waals surface area contributed by atoms with E-state index in [9.17, 15) is 0 Å². The highest BCUT2D eigenvalue weighted by molar-refractivity contribution is 5.89. The van der Waals surface area contributed by atoms with Crippen LogP contribution in [0, 0.1) is 0 Å². The van der Waals surface area contributed by atoms with Crippen molar-refractivity contribution in [2.75, 3.05) is 0 Å². The Labute approximate surface area is 140 Å². The summed E-state index contributed by atoms with van der Waals surface area (Å²) in [6.45, 7) is 14.7. The van der Waals surface area contributed by atoms with Crippen molar-refractivity contribution < 1.29 is 0 Å². The molecule has 0 heteroatoms. The minimum absolute atomic E-state index is 0.0371. The first-order valence-corrected chi connectivity index (χ1v) is 8.18. The Balaban J connectivity index is 0.000000268. The number of hydrogen-bond acceptors (Lipinski definition) is 0. The molecule has 0 radical (unpaired) electrons. The maximum absolute atomic E-state index is 4.26. The minimum Gasteiger partial charge on any atom is -0.0990 e. The second-order valence-electron chi connectivity index (χ2n) is 6.31. The Morgan fingerprint density at radius 3 is 2.04 bits per heavy atom. The molecule has 118 valence electrons. The average molecular weight is 302 g/mol. The zero-order valence-electron chi connectivity index (χ0n) is 14.5. The Morgan fingerprint density at radius 2 is 1.57 bits per heavy atom. The zero-order chi connectivity index (χ0) is 16.9. The molecule has 0 spiro atoms. The van der Waals surface area contributed by atoms with E-state index < -0.39 is 0 Å². The van der Waals surface area contributed by atoms with Gasteiger partial charge in [-0.15, -0.1) is 0 Å². The molecule has 0 amide bonds. The monoisotopic (exact) mass is 302 g/mol. The van der Waals surface area contributed by atoms with Gasteiger partial charge in [-0.3, -0.25) is 0 Å². The second-order valence-corrected chi connectivity index (χ2v) is 6.31. The third kappa shape index (κ3) is 3.53. The van der Waals surface area contributed by atoms with Crippen LogP contribution in [-0.4, -0.2) is 0 Å². The number of hydrogen-bond donors (Lipinski definition) is 0. The molecule has 0 heterocycles. The van der Waals surface area contributed by atoms with E-state index in [2.05, 4.69) is 58.2 Å². The van der Waals surface area contributed by atoms with Crippen LogP contribution in [0.15, 0.2) is 85.5 Å². The van der Waals surface area contributed by atoms with E-state index >= 15 is 0 Å². The summed E-state index contributed by atoms with van der Waals surface area (Å²) < 4.78 is 0. The summed E-state index contributed by atoms with van der Waals surface area (Å²) in [7, 11) is 0. The topological polar surface area (TPSA) is 0 Å². The fourth-order valence-electron chi connectivity index (χ4n) is 2.92. The maximum atomic E-state index is 4.26. The lowest BCUT2D eigenvalue weighted by atomic mass is 9.82. The smallest absolute Gasteiger partial charge is 0.0153 e. The lowest BCUT2D eigenvalue weighted by molar-refractivity contribution is 0.662. The third-order valence-electron chi connectivity index (χ3n) is 4.49. The standard InChI is InChI=1S/C17H20.C6H6/c1-6-8-14-12(3)17(4,5)16-11-13(7-2)9-10-15(14)16;1-2-4-6-5-3-1/h6,8-11H,1,3,7H2,2,4-5H3;1-6H/b14-8+;. The van der Waals surface area contributed by atoms with Crippen molar-refractivity contribution in [3.8, 4) is 0 Å². The summed E-state index contributed by atoms with van der Waals surface area (Å²) in [6.07, 6.45) is 5.00. The van der Waals surface area contributed by atoms with Crippen LogP contribution in [0.2, 0.25) is 0 Å². The van der Waals surface area contributed by atoms with Gasteiger partial charge >= 0.3 is 0 Å². The van der Waals surface area contributed by atoms with Gasteiger partial charge in [-0.25, -0.2) is 0 Å². The molecule has 1 aliphatic carbocycles. The molecule has 1 aliphatic rings. The molecule has 0 N–H and O–H groups in total. The van der Waals surface area contributed by atoms with Gasteiger partial charge in [0.25, 0.3) is 0 Å². The van der Waals surface area contributed by atoms with Gasteiger partial charge < -0.3 is 0 Å². The van der Waals surface area contributed by atoms with Crippen molar-refractivity contribution in [3.63, 3.8) is 0 Å². The predicted molar refractivity (Wildman–Crippen MR) is 103 cm³/mol. The Kier molecular flexibility index (Phi) is 5.39. The lowest BCUT2D eigenvalue weighted by Crippen LogP contribution is -2.14. The fraction of sp³-hybridized carbons (Fsp3) is 0.217. The molecule has 2 aromatic rings. The number of allylic oxidation sites excluding steroid dienone is 4. The van der Waals surface area contributed by atoms with Crippen molar-refractivity contribution in [3.05, 3.63) is 102 Å². The molecule has 0 aliphatic heterocycles. The van der Waals surface area contributed by atoms with Crippen LogP contribution in [0.1, 0.15) is 37.5 Å². The van der Waals surface area contributed by atoms with Gasteiger partial charge in [0.15, 0.2) is 0 Å². The summed E-state index contributed by atoms with van der Waals surface area (Å²) in [6, 6.07) is 18.8. The first-order chi connectivity index (χ1) is 11.0. The Morgan fingerprint density at radius 1 is 1.00 bits per heavy atom. The molecular weight excluding hydrogens is 276 g/mol. The van der Waals surface area contributed by atoms with Gasteiger partial charge in [0, 0.05) is 5.41 Å². The largest absolute Gasteiger partial charge is 0.0990 e. The van der Waals surface area contributed by atoms with E-state index in [-0.39, 0.29) is 5.41 Å². The van der Waals surface area contributed by atoms with E-state index in [0.29, 0.717) is 0 Å². The van der Waals surface area contributed by atoms with Crippen LogP contribution in [0.4, 0.5) is 0 Å². The van der Waals surface area contributed by atoms with Crippen molar-refractivity contribution in [1.29, 1.82) is 0 Å². The van der Waals surface area contributed by atoms with E-state index in [0.717, 1.165) is 6.42 Å². The molecule has 0 saturated carbocycles. The van der Waals surface area contributed by atoms with Gasteiger partial charge in [0.1, 0.15) is 0 Å². The molecule has 0 fully saturated rings. The number of rotatable bonds is 2. The summed E-state index contributed by atoms with van der Waals surface area (Å²) in [5.41, 5.74) is 6.58. The van der Waals surface area contributed by atoms with Crippen molar-refractivity contribution in [2.24, 2.45) is 0 Å². The van der Waals surface area contributed by atoms with Crippen molar-refractivity contribution >= 4 is 5.57 Å². The van der Waals surface area contributed by atoms with Gasteiger partial charge in [-0.1, -0.05) is 101 Å². The second kappa shape index (κ2) is 7.28. The fourth-order valence-corrected chi connectivity index (χ4v) is 2.92. The van der Waals surface area contributed by atoms with Crippen LogP contribution in [-0.2, 0) is 11.8 Å². The first-order valence-electron chi connectivity index (χ1n) is 8.18. The summed E-state index contributed by atoms with van der Waals surface area (Å²) in [5, 5.41) is 0. The Bertz CT molecular complexity index is 688. The van der Waals surface area contributed by atoms with Gasteiger partial charge in [-0.05, 0) is 34.3 Å². The lowest BCUT2D eigenvalue weighted by Gasteiger charge is -2.21. The summed E-state index contributed by atoms with van der Waals surface area (Å²) in [5.74, 6) is 0. The number of fused-ring (bicyclic) bond motifs is 1. The molecule has 2 aromatic carbocycles. The van der Waals surface area contributed by atoms with E-state index in [1.807, 2.05) is 42.5 Å². The number of benzene rings is 2. The van der Waals surface area contributed by atoms with Gasteiger partial charge in [-0.2, -0.15) is 0 Å². The normalized spacial score (nSPS) is 16.5. The summed E-state index contributed by atoms with van der Waals surface area (Å²) >= 11 is 0. The molecule has 0 atom stereocenters. The quantitative estimate of drug-likeness (QED) is 0.606. The van der Waals surface area contributed by atoms with Gasteiger partial charge in [0.2, 0.25) is 0 Å². The highest BCUT2D eigenvalue weighted by Gasteiger charge is 2.36. The molecule has 3 rings (SSSR count). The van der Waals surface area contributed by atoms with Crippen LogP contribution in [0.25, 0.3) is 5.57 Å². The number of aryl methyl sites for hydroxylation is 1. The SMILES string of the molecule is C=C/C=C1\C(=C)C(C)(C)c2cc(CC)ccc21.c1ccccc1.